The highest BCUT2D eigenvalue weighted by molar-refractivity contribution is 5.77. The molecule has 1 aliphatic heterocycles. The van der Waals surface area contributed by atoms with Gasteiger partial charge in [0.15, 0.2) is 11.2 Å². The lowest BCUT2D eigenvalue weighted by molar-refractivity contribution is -0.227. The standard InChI is InChI=1S/C16H23N5O5/c1-3-4-5-25-14-10-13(19-16(17)20-14)21(7-18-10)15-8(2)11(23)12(24)9(6-22)26-15/h3,7-9,11-12,15,22-24H,1,4-6H2,2H3,(H2,17,19,20). The van der Waals surface area contributed by atoms with Crippen LogP contribution in [0.2, 0.25) is 0 Å². The van der Waals surface area contributed by atoms with Crippen LogP contribution in [0, 0.1) is 5.92 Å². The molecule has 5 unspecified atom stereocenters. The van der Waals surface area contributed by atoms with Crippen LogP contribution in [0.5, 0.6) is 5.88 Å². The van der Waals surface area contributed by atoms with Crippen molar-refractivity contribution in [1.82, 2.24) is 19.5 Å². The van der Waals surface area contributed by atoms with Gasteiger partial charge in [0, 0.05) is 5.92 Å². The van der Waals surface area contributed by atoms with Gasteiger partial charge in [-0.1, -0.05) is 13.0 Å². The minimum atomic E-state index is -1.18. The van der Waals surface area contributed by atoms with Crippen molar-refractivity contribution < 1.29 is 24.8 Å². The number of hydrogen-bond donors (Lipinski definition) is 4. The summed E-state index contributed by atoms with van der Waals surface area (Å²) in [7, 11) is 0. The molecule has 0 radical (unpaired) electrons. The SMILES string of the molecule is C=CCCOc1nc(N)nc2c1ncn2C1OC(CO)C(O)C(O)C1C. The van der Waals surface area contributed by atoms with Crippen LogP contribution in [0.1, 0.15) is 19.6 Å². The summed E-state index contributed by atoms with van der Waals surface area (Å²) in [5.74, 6) is -0.224. The highest BCUT2D eigenvalue weighted by atomic mass is 16.5. The molecule has 0 aliphatic carbocycles. The first-order chi connectivity index (χ1) is 12.5. The highest BCUT2D eigenvalue weighted by Gasteiger charge is 2.43. The van der Waals surface area contributed by atoms with Crippen LogP contribution in [0.4, 0.5) is 5.95 Å². The second kappa shape index (κ2) is 7.54. The molecule has 5 atom stereocenters. The topological polar surface area (TPSA) is 149 Å². The van der Waals surface area contributed by atoms with Gasteiger partial charge >= 0.3 is 0 Å². The van der Waals surface area contributed by atoms with Crippen molar-refractivity contribution >= 4 is 17.1 Å². The Morgan fingerprint density at radius 1 is 1.38 bits per heavy atom. The molecule has 0 aromatic carbocycles. The molecule has 5 N–H and O–H groups in total. The van der Waals surface area contributed by atoms with Crippen molar-refractivity contribution in [3.63, 3.8) is 0 Å². The summed E-state index contributed by atoms with van der Waals surface area (Å²) in [6.07, 6.45) is -0.0444. The van der Waals surface area contributed by atoms with Crippen molar-refractivity contribution in [2.24, 2.45) is 5.92 Å². The number of ether oxygens (including phenoxy) is 2. The maximum Gasteiger partial charge on any atom is 0.247 e. The van der Waals surface area contributed by atoms with Gasteiger partial charge < -0.3 is 30.5 Å². The Bertz CT molecular complexity index is 780. The number of hydrogen-bond acceptors (Lipinski definition) is 9. The molecule has 2 aromatic rings. The summed E-state index contributed by atoms with van der Waals surface area (Å²) in [5.41, 5.74) is 6.57. The maximum atomic E-state index is 10.3. The third kappa shape index (κ3) is 3.23. The Morgan fingerprint density at radius 3 is 2.85 bits per heavy atom. The molecule has 0 saturated carbocycles. The summed E-state index contributed by atoms with van der Waals surface area (Å²) < 4.78 is 13.0. The Labute approximate surface area is 149 Å². The number of anilines is 1. The predicted molar refractivity (Wildman–Crippen MR) is 92.2 cm³/mol. The number of fused-ring (bicyclic) bond motifs is 1. The molecule has 1 saturated heterocycles. The van der Waals surface area contributed by atoms with Gasteiger partial charge in [0.25, 0.3) is 0 Å². The first-order valence-electron chi connectivity index (χ1n) is 8.34. The number of aliphatic hydroxyl groups is 3. The first-order valence-corrected chi connectivity index (χ1v) is 8.34. The van der Waals surface area contributed by atoms with E-state index >= 15 is 0 Å². The molecule has 142 valence electrons. The third-order valence-electron chi connectivity index (χ3n) is 4.46. The van der Waals surface area contributed by atoms with Gasteiger partial charge in [-0.25, -0.2) is 4.98 Å². The lowest BCUT2D eigenvalue weighted by atomic mass is 9.91. The number of nitrogens with zero attached hydrogens (tertiary/aromatic N) is 4. The largest absolute Gasteiger partial charge is 0.476 e. The lowest BCUT2D eigenvalue weighted by Gasteiger charge is -2.41. The Balaban J connectivity index is 1.98. The molecule has 3 rings (SSSR count). The summed E-state index contributed by atoms with van der Waals surface area (Å²) in [6.45, 7) is 5.30. The number of imidazole rings is 1. The molecule has 0 bridgehead atoms. The summed E-state index contributed by atoms with van der Waals surface area (Å²) >= 11 is 0. The van der Waals surface area contributed by atoms with Crippen LogP contribution < -0.4 is 10.5 Å². The van der Waals surface area contributed by atoms with Gasteiger partial charge in [-0.15, -0.1) is 6.58 Å². The van der Waals surface area contributed by atoms with Gasteiger partial charge in [0.05, 0.1) is 25.6 Å². The van der Waals surface area contributed by atoms with Crippen molar-refractivity contribution in [1.29, 1.82) is 0 Å². The normalized spacial score (nSPS) is 29.0. The van der Waals surface area contributed by atoms with Gasteiger partial charge in [-0.2, -0.15) is 9.97 Å². The van der Waals surface area contributed by atoms with Crippen molar-refractivity contribution in [2.75, 3.05) is 18.9 Å². The molecule has 0 amide bonds. The van der Waals surface area contributed by atoms with Gasteiger partial charge in [0.2, 0.25) is 11.8 Å². The molecule has 1 aliphatic rings. The smallest absolute Gasteiger partial charge is 0.247 e. The van der Waals surface area contributed by atoms with Crippen molar-refractivity contribution in [3.8, 4) is 5.88 Å². The maximum absolute atomic E-state index is 10.3. The van der Waals surface area contributed by atoms with Gasteiger partial charge in [-0.3, -0.25) is 4.57 Å². The molecule has 0 spiro atoms. The lowest BCUT2D eigenvalue weighted by Crippen LogP contribution is -2.52. The fourth-order valence-corrected chi connectivity index (χ4v) is 2.99. The summed E-state index contributed by atoms with van der Waals surface area (Å²) in [6, 6.07) is 0. The highest BCUT2D eigenvalue weighted by Crippen LogP contribution is 2.35. The molecule has 3 heterocycles. The van der Waals surface area contributed by atoms with Crippen LogP contribution in [-0.2, 0) is 4.74 Å². The molecule has 10 nitrogen and oxygen atoms in total. The fourth-order valence-electron chi connectivity index (χ4n) is 2.99. The zero-order valence-electron chi connectivity index (χ0n) is 14.4. The molecule has 2 aromatic heterocycles. The van der Waals surface area contributed by atoms with E-state index in [1.807, 2.05) is 0 Å². The molecular formula is C16H23N5O5. The minimum absolute atomic E-state index is 0.00982. The Morgan fingerprint density at radius 2 is 2.15 bits per heavy atom. The van der Waals surface area contributed by atoms with E-state index in [0.717, 1.165) is 0 Å². The monoisotopic (exact) mass is 365 g/mol. The van der Waals surface area contributed by atoms with Crippen LogP contribution in [0.25, 0.3) is 11.2 Å². The van der Waals surface area contributed by atoms with Gasteiger partial charge in [0.1, 0.15) is 18.4 Å². The summed E-state index contributed by atoms with van der Waals surface area (Å²) in [5, 5.41) is 29.7. The zero-order chi connectivity index (χ0) is 18.8. The number of aliphatic hydroxyl groups excluding tert-OH is 3. The minimum Gasteiger partial charge on any atom is -0.476 e. The quantitative estimate of drug-likeness (QED) is 0.396. The van der Waals surface area contributed by atoms with E-state index in [1.165, 1.54) is 6.33 Å². The Hall–Kier alpha value is -2.27. The van der Waals surface area contributed by atoms with Crippen LogP contribution in [0.3, 0.4) is 0 Å². The van der Waals surface area contributed by atoms with Gasteiger partial charge in [-0.05, 0) is 6.42 Å². The number of nitrogens with two attached hydrogens (primary N) is 1. The van der Waals surface area contributed by atoms with Crippen LogP contribution in [-0.4, -0.2) is 66.4 Å². The molecular weight excluding hydrogens is 342 g/mol. The fraction of sp³-hybridized carbons (Fsp3) is 0.562. The van der Waals surface area contributed by atoms with Crippen molar-refractivity contribution in [2.45, 2.75) is 37.9 Å². The van der Waals surface area contributed by atoms with E-state index in [9.17, 15) is 15.3 Å². The average molecular weight is 365 g/mol. The van der Waals surface area contributed by atoms with E-state index in [-0.39, 0.29) is 11.8 Å². The first kappa shape index (κ1) is 18.5. The van der Waals surface area contributed by atoms with Crippen molar-refractivity contribution in [3.05, 3.63) is 19.0 Å². The zero-order valence-corrected chi connectivity index (χ0v) is 14.4. The molecule has 26 heavy (non-hydrogen) atoms. The van der Waals surface area contributed by atoms with Crippen LogP contribution in [0.15, 0.2) is 19.0 Å². The third-order valence-corrected chi connectivity index (χ3v) is 4.46. The van der Waals surface area contributed by atoms with E-state index < -0.39 is 37.1 Å². The molecule has 1 fully saturated rings. The predicted octanol–water partition coefficient (Wildman–Crippen LogP) is -0.389. The van der Waals surface area contributed by atoms with E-state index in [4.69, 9.17) is 15.2 Å². The van der Waals surface area contributed by atoms with E-state index in [0.29, 0.717) is 24.2 Å². The summed E-state index contributed by atoms with van der Waals surface area (Å²) in [4.78, 5) is 12.6. The number of nitrogen functional groups attached to an aromatic ring is 1. The van der Waals surface area contributed by atoms with E-state index in [2.05, 4.69) is 21.5 Å². The second-order valence-electron chi connectivity index (χ2n) is 6.22. The number of rotatable bonds is 6. The Kier molecular flexibility index (Phi) is 5.37. The number of aromatic nitrogens is 4. The second-order valence-corrected chi connectivity index (χ2v) is 6.22. The molecule has 10 heteroatoms. The van der Waals surface area contributed by atoms with E-state index in [1.54, 1.807) is 17.6 Å². The average Bonchev–Trinajstić information content (AvgIpc) is 3.04. The van der Waals surface area contributed by atoms with Crippen LogP contribution >= 0.6 is 0 Å².